The molecule has 9 heteroatoms. The molecule has 1 saturated carbocycles. The molecule has 0 spiro atoms. The third-order valence-electron chi connectivity index (χ3n) is 4.09. The molecule has 0 saturated heterocycles. The third-order valence-corrected chi connectivity index (χ3v) is 4.09. The van der Waals surface area contributed by atoms with E-state index in [4.69, 9.17) is 0 Å². The van der Waals surface area contributed by atoms with Gasteiger partial charge in [-0.25, -0.2) is 4.98 Å². The number of amides is 1. The largest absolute Gasteiger partial charge is 0.396 e. The van der Waals surface area contributed by atoms with Crippen LogP contribution in [0.1, 0.15) is 19.4 Å². The summed E-state index contributed by atoms with van der Waals surface area (Å²) in [5, 5.41) is 21.8. The Balaban J connectivity index is 2.08. The number of nitrogens with one attached hydrogen (secondary N) is 2. The Kier molecular flexibility index (Phi) is 3.74. The molecule has 0 aliphatic heterocycles. The SMILES string of the molecule is C=C1[C@H](CO)[C@@H](O)C[C@@H]1n1cnc2c(=O)[nH]c(NC(C)=O)nc21. The Hall–Kier alpha value is -2.52. The summed E-state index contributed by atoms with van der Waals surface area (Å²) in [4.78, 5) is 33.9. The minimum atomic E-state index is -0.716. The van der Waals surface area contributed by atoms with Crippen LogP contribution in [0.3, 0.4) is 0 Å². The number of carbonyl (C=O) groups excluding carboxylic acids is 1. The normalized spacial score (nSPS) is 24.3. The maximum atomic E-state index is 12.0. The summed E-state index contributed by atoms with van der Waals surface area (Å²) in [5.74, 6) is -0.756. The van der Waals surface area contributed by atoms with Crippen molar-refractivity contribution in [3.63, 3.8) is 0 Å². The molecule has 0 bridgehead atoms. The lowest BCUT2D eigenvalue weighted by atomic mass is 10.0. The molecule has 23 heavy (non-hydrogen) atoms. The molecule has 0 unspecified atom stereocenters. The summed E-state index contributed by atoms with van der Waals surface area (Å²) in [7, 11) is 0. The summed E-state index contributed by atoms with van der Waals surface area (Å²) >= 11 is 0. The molecule has 3 atom stereocenters. The van der Waals surface area contributed by atoms with Gasteiger partial charge in [0.25, 0.3) is 5.56 Å². The number of carbonyl (C=O) groups is 1. The van der Waals surface area contributed by atoms with E-state index in [0.29, 0.717) is 12.0 Å². The molecule has 4 N–H and O–H groups in total. The van der Waals surface area contributed by atoms with E-state index in [0.717, 1.165) is 0 Å². The van der Waals surface area contributed by atoms with Gasteiger partial charge in [-0.15, -0.1) is 0 Å². The fourth-order valence-corrected chi connectivity index (χ4v) is 2.95. The number of imidazole rings is 1. The number of aromatic amines is 1. The summed E-state index contributed by atoms with van der Waals surface area (Å²) in [5.41, 5.74) is 0.603. The zero-order valence-electron chi connectivity index (χ0n) is 12.5. The van der Waals surface area contributed by atoms with Gasteiger partial charge >= 0.3 is 0 Å². The van der Waals surface area contributed by atoms with Crippen LogP contribution in [0.5, 0.6) is 0 Å². The number of aliphatic hydroxyl groups is 2. The molecule has 1 aliphatic rings. The molecule has 0 radical (unpaired) electrons. The molecule has 2 aromatic heterocycles. The predicted molar refractivity (Wildman–Crippen MR) is 81.8 cm³/mol. The summed E-state index contributed by atoms with van der Waals surface area (Å²) < 4.78 is 1.64. The highest BCUT2D eigenvalue weighted by molar-refractivity contribution is 5.87. The molecule has 9 nitrogen and oxygen atoms in total. The first-order valence-corrected chi connectivity index (χ1v) is 7.14. The van der Waals surface area contributed by atoms with E-state index in [1.807, 2.05) is 0 Å². The van der Waals surface area contributed by atoms with Gasteiger partial charge in [0, 0.05) is 12.8 Å². The molecular weight excluding hydrogens is 302 g/mol. The first-order chi connectivity index (χ1) is 10.9. The van der Waals surface area contributed by atoms with Crippen molar-refractivity contribution in [3.8, 4) is 0 Å². The summed E-state index contributed by atoms with van der Waals surface area (Å²) in [6.07, 6.45) is 1.08. The fourth-order valence-electron chi connectivity index (χ4n) is 2.95. The number of hydrogen-bond donors (Lipinski definition) is 4. The van der Waals surface area contributed by atoms with Crippen LogP contribution in [-0.4, -0.2) is 48.4 Å². The van der Waals surface area contributed by atoms with Gasteiger partial charge in [0.2, 0.25) is 11.9 Å². The minimum absolute atomic E-state index is 0.0274. The Morgan fingerprint density at radius 1 is 1.61 bits per heavy atom. The van der Waals surface area contributed by atoms with Crippen molar-refractivity contribution in [2.75, 3.05) is 11.9 Å². The molecule has 122 valence electrons. The molecule has 2 aromatic rings. The molecular formula is C14H17N5O4. The number of rotatable bonds is 3. The molecule has 1 fully saturated rings. The zero-order valence-corrected chi connectivity index (χ0v) is 12.5. The van der Waals surface area contributed by atoms with Crippen LogP contribution < -0.4 is 10.9 Å². The highest BCUT2D eigenvalue weighted by atomic mass is 16.3. The summed E-state index contributed by atoms with van der Waals surface area (Å²) in [6.45, 7) is 5.05. The van der Waals surface area contributed by atoms with E-state index < -0.39 is 17.6 Å². The fraction of sp³-hybridized carbons (Fsp3) is 0.429. The standard InChI is InChI=1S/C14H17N5O4/c1-6-8(4-20)10(22)3-9(6)19-5-15-11-12(19)17-14(16-7(2)21)18-13(11)23/h5,8-10,20,22H,1,3-4H2,2H3,(H2,16,17,18,21,23)/t8-,9-,10-/m0/s1. The number of H-pyrrole nitrogens is 1. The Morgan fingerprint density at radius 3 is 2.96 bits per heavy atom. The van der Waals surface area contributed by atoms with Crippen LogP contribution in [0, 0.1) is 5.92 Å². The van der Waals surface area contributed by atoms with Crippen LogP contribution >= 0.6 is 0 Å². The predicted octanol–water partition coefficient (Wildman–Crippen LogP) is -0.452. The average molecular weight is 319 g/mol. The lowest BCUT2D eigenvalue weighted by molar-refractivity contribution is -0.114. The van der Waals surface area contributed by atoms with Crippen molar-refractivity contribution < 1.29 is 15.0 Å². The quantitative estimate of drug-likeness (QED) is 0.566. The lowest BCUT2D eigenvalue weighted by Gasteiger charge is -2.15. The van der Waals surface area contributed by atoms with E-state index in [2.05, 4.69) is 26.8 Å². The van der Waals surface area contributed by atoms with Gasteiger partial charge in [-0.3, -0.25) is 19.9 Å². The van der Waals surface area contributed by atoms with E-state index in [1.54, 1.807) is 4.57 Å². The number of aromatic nitrogens is 4. The van der Waals surface area contributed by atoms with Gasteiger partial charge in [0.05, 0.1) is 25.1 Å². The molecule has 3 rings (SSSR count). The second-order valence-electron chi connectivity index (χ2n) is 5.60. The number of nitrogens with zero attached hydrogens (tertiary/aromatic N) is 3. The number of aliphatic hydroxyl groups excluding tert-OH is 2. The Bertz CT molecular complexity index is 839. The van der Waals surface area contributed by atoms with Crippen LogP contribution in [-0.2, 0) is 4.79 Å². The van der Waals surface area contributed by atoms with Crippen molar-refractivity contribution >= 4 is 23.0 Å². The Morgan fingerprint density at radius 2 is 2.35 bits per heavy atom. The summed E-state index contributed by atoms with van der Waals surface area (Å²) in [6, 6.07) is -0.327. The number of fused-ring (bicyclic) bond motifs is 1. The minimum Gasteiger partial charge on any atom is -0.396 e. The monoisotopic (exact) mass is 319 g/mol. The molecule has 0 aromatic carbocycles. The highest BCUT2D eigenvalue weighted by Crippen LogP contribution is 2.39. The van der Waals surface area contributed by atoms with Crippen molar-refractivity contribution in [2.45, 2.75) is 25.5 Å². The van der Waals surface area contributed by atoms with Gasteiger partial charge in [-0.1, -0.05) is 6.58 Å². The van der Waals surface area contributed by atoms with Gasteiger partial charge in [0.15, 0.2) is 11.2 Å². The smallest absolute Gasteiger partial charge is 0.280 e. The van der Waals surface area contributed by atoms with E-state index >= 15 is 0 Å². The van der Waals surface area contributed by atoms with Crippen molar-refractivity contribution in [1.29, 1.82) is 0 Å². The molecule has 1 aliphatic carbocycles. The molecule has 2 heterocycles. The number of hydrogen-bond acceptors (Lipinski definition) is 6. The van der Waals surface area contributed by atoms with Crippen LogP contribution in [0.2, 0.25) is 0 Å². The second kappa shape index (κ2) is 5.60. The van der Waals surface area contributed by atoms with Crippen LogP contribution in [0.4, 0.5) is 5.95 Å². The van der Waals surface area contributed by atoms with Crippen LogP contribution in [0.15, 0.2) is 23.3 Å². The van der Waals surface area contributed by atoms with Crippen molar-refractivity contribution in [2.24, 2.45) is 5.92 Å². The van der Waals surface area contributed by atoms with Gasteiger partial charge in [-0.2, -0.15) is 4.98 Å². The zero-order chi connectivity index (χ0) is 16.7. The third kappa shape index (κ3) is 2.53. The molecule has 1 amide bonds. The van der Waals surface area contributed by atoms with E-state index in [9.17, 15) is 19.8 Å². The number of anilines is 1. The van der Waals surface area contributed by atoms with Gasteiger partial charge < -0.3 is 14.8 Å². The first-order valence-electron chi connectivity index (χ1n) is 7.14. The van der Waals surface area contributed by atoms with Crippen molar-refractivity contribution in [3.05, 3.63) is 28.8 Å². The van der Waals surface area contributed by atoms with Gasteiger partial charge in [-0.05, 0) is 12.0 Å². The maximum absolute atomic E-state index is 12.0. The van der Waals surface area contributed by atoms with Crippen LogP contribution in [0.25, 0.3) is 11.2 Å². The Labute approximate surface area is 130 Å². The first kappa shape index (κ1) is 15.4. The van der Waals surface area contributed by atoms with E-state index in [1.165, 1.54) is 13.3 Å². The highest BCUT2D eigenvalue weighted by Gasteiger charge is 2.37. The van der Waals surface area contributed by atoms with Crippen molar-refractivity contribution in [1.82, 2.24) is 19.5 Å². The second-order valence-corrected chi connectivity index (χ2v) is 5.60. The maximum Gasteiger partial charge on any atom is 0.280 e. The lowest BCUT2D eigenvalue weighted by Crippen LogP contribution is -2.18. The van der Waals surface area contributed by atoms with Gasteiger partial charge in [0.1, 0.15) is 0 Å². The topological polar surface area (TPSA) is 133 Å². The average Bonchev–Trinajstić information content (AvgIpc) is 2.99. The van der Waals surface area contributed by atoms with E-state index in [-0.39, 0.29) is 35.7 Å².